The predicted octanol–water partition coefficient (Wildman–Crippen LogP) is 2.85. The number of hydrogen-bond acceptors (Lipinski definition) is 5. The fourth-order valence-electron chi connectivity index (χ4n) is 3.27. The quantitative estimate of drug-likeness (QED) is 0.687. The molecular formula is C18H13F2N3O4. The van der Waals surface area contributed by atoms with Crippen LogP contribution in [0.2, 0.25) is 0 Å². The van der Waals surface area contributed by atoms with Crippen molar-refractivity contribution in [2.75, 3.05) is 6.61 Å². The van der Waals surface area contributed by atoms with Crippen LogP contribution < -0.4 is 5.43 Å². The second-order valence-corrected chi connectivity index (χ2v) is 6.29. The zero-order valence-corrected chi connectivity index (χ0v) is 14.1. The Labute approximate surface area is 150 Å². The minimum Gasteiger partial charge on any atom is -0.504 e. The number of pyridine rings is 1. The van der Waals surface area contributed by atoms with E-state index in [2.05, 4.69) is 4.98 Å². The Morgan fingerprint density at radius 3 is 2.70 bits per heavy atom. The molecule has 0 unspecified atom stereocenters. The first-order valence-corrected chi connectivity index (χ1v) is 8.28. The number of esters is 1. The third-order valence-electron chi connectivity index (χ3n) is 4.63. The van der Waals surface area contributed by atoms with E-state index in [1.165, 1.54) is 10.8 Å². The number of benzene rings is 1. The molecule has 1 aliphatic rings. The third kappa shape index (κ3) is 2.30. The fourth-order valence-corrected chi connectivity index (χ4v) is 3.27. The van der Waals surface area contributed by atoms with Crippen molar-refractivity contribution in [3.63, 3.8) is 0 Å². The van der Waals surface area contributed by atoms with E-state index in [0.29, 0.717) is 12.8 Å². The topological polar surface area (TPSA) is 108 Å². The molecule has 0 spiro atoms. The Morgan fingerprint density at radius 2 is 2.11 bits per heavy atom. The van der Waals surface area contributed by atoms with E-state index in [9.17, 15) is 23.5 Å². The normalized spacial score (nSPS) is 13.9. The van der Waals surface area contributed by atoms with Crippen LogP contribution in [0, 0.1) is 23.0 Å². The molecule has 0 saturated heterocycles. The van der Waals surface area contributed by atoms with Gasteiger partial charge < -0.3 is 19.4 Å². The van der Waals surface area contributed by atoms with Crippen LogP contribution in [0.4, 0.5) is 8.78 Å². The van der Waals surface area contributed by atoms with Crippen LogP contribution in [0.3, 0.4) is 0 Å². The van der Waals surface area contributed by atoms with Gasteiger partial charge in [-0.1, -0.05) is 0 Å². The van der Waals surface area contributed by atoms with Gasteiger partial charge in [-0.2, -0.15) is 5.26 Å². The standard InChI is InChI=1S/C18H13F2N3O4/c1-2-27-18(26)8-6-23(7-3-4-7)15-11(16(8)24)14-10(12(19)13(15)20)17(25)9(5-21)22-14/h6-7,22,25H,2-4H2,1H3. The van der Waals surface area contributed by atoms with Crippen LogP contribution in [-0.2, 0) is 4.74 Å². The summed E-state index contributed by atoms with van der Waals surface area (Å²) in [5.41, 5.74) is -2.14. The molecule has 0 amide bonds. The number of ether oxygens (including phenoxy) is 1. The van der Waals surface area contributed by atoms with Crippen LogP contribution in [-0.4, -0.2) is 27.2 Å². The van der Waals surface area contributed by atoms with E-state index in [1.807, 2.05) is 0 Å². The number of carbonyl (C=O) groups is 1. The molecule has 2 N–H and O–H groups in total. The summed E-state index contributed by atoms with van der Waals surface area (Å²) in [5, 5.41) is 18.2. The number of nitriles is 1. The number of rotatable bonds is 3. The highest BCUT2D eigenvalue weighted by Crippen LogP contribution is 2.41. The first-order valence-electron chi connectivity index (χ1n) is 8.28. The minimum atomic E-state index is -1.37. The number of nitrogens with zero attached hydrogens (tertiary/aromatic N) is 2. The van der Waals surface area contributed by atoms with E-state index < -0.39 is 39.9 Å². The van der Waals surface area contributed by atoms with Crippen molar-refractivity contribution in [1.82, 2.24) is 9.55 Å². The summed E-state index contributed by atoms with van der Waals surface area (Å²) < 4.78 is 35.8. The molecule has 0 bridgehead atoms. The van der Waals surface area contributed by atoms with Crippen molar-refractivity contribution in [2.45, 2.75) is 25.8 Å². The average Bonchev–Trinajstić information content (AvgIpc) is 3.43. The molecule has 1 aliphatic carbocycles. The maximum absolute atomic E-state index is 14.9. The summed E-state index contributed by atoms with van der Waals surface area (Å²) in [6.07, 6.45) is 2.54. The molecule has 0 radical (unpaired) electrons. The number of fused-ring (bicyclic) bond motifs is 3. The number of aromatic amines is 1. The highest BCUT2D eigenvalue weighted by molar-refractivity contribution is 6.09. The smallest absolute Gasteiger partial charge is 0.343 e. The van der Waals surface area contributed by atoms with Crippen LogP contribution in [0.25, 0.3) is 21.8 Å². The summed E-state index contributed by atoms with van der Waals surface area (Å²) in [5.74, 6) is -4.36. The van der Waals surface area contributed by atoms with Crippen LogP contribution in [0.15, 0.2) is 11.0 Å². The van der Waals surface area contributed by atoms with E-state index in [4.69, 9.17) is 10.00 Å². The van der Waals surface area contributed by atoms with Crippen molar-refractivity contribution >= 4 is 27.8 Å². The maximum Gasteiger partial charge on any atom is 0.343 e. The Bertz CT molecular complexity index is 1230. The van der Waals surface area contributed by atoms with Gasteiger partial charge in [0, 0.05) is 12.2 Å². The largest absolute Gasteiger partial charge is 0.504 e. The van der Waals surface area contributed by atoms with Gasteiger partial charge in [-0.3, -0.25) is 4.79 Å². The van der Waals surface area contributed by atoms with Crippen molar-refractivity contribution < 1.29 is 23.4 Å². The van der Waals surface area contributed by atoms with Crippen molar-refractivity contribution in [3.05, 3.63) is 39.3 Å². The van der Waals surface area contributed by atoms with Crippen molar-refractivity contribution in [3.8, 4) is 11.8 Å². The second-order valence-electron chi connectivity index (χ2n) is 6.29. The van der Waals surface area contributed by atoms with Gasteiger partial charge in [0.1, 0.15) is 11.6 Å². The number of nitrogens with one attached hydrogen (secondary N) is 1. The van der Waals surface area contributed by atoms with Gasteiger partial charge in [-0.25, -0.2) is 13.6 Å². The summed E-state index contributed by atoms with van der Waals surface area (Å²) in [6.45, 7) is 1.61. The average molecular weight is 373 g/mol. The number of aromatic nitrogens is 2. The molecule has 0 aliphatic heterocycles. The first kappa shape index (κ1) is 17.0. The Kier molecular flexibility index (Phi) is 3.66. The zero-order valence-electron chi connectivity index (χ0n) is 14.1. The van der Waals surface area contributed by atoms with E-state index in [0.717, 1.165) is 0 Å². The highest BCUT2D eigenvalue weighted by Gasteiger charge is 2.32. The number of aromatic hydroxyl groups is 1. The number of carbonyl (C=O) groups excluding carboxylic acids is 1. The third-order valence-corrected chi connectivity index (χ3v) is 4.63. The molecule has 27 heavy (non-hydrogen) atoms. The molecule has 0 atom stereocenters. The van der Waals surface area contributed by atoms with Crippen molar-refractivity contribution in [2.24, 2.45) is 0 Å². The number of hydrogen-bond donors (Lipinski definition) is 2. The summed E-state index contributed by atoms with van der Waals surface area (Å²) in [4.78, 5) is 27.6. The maximum atomic E-state index is 14.9. The van der Waals surface area contributed by atoms with Crippen LogP contribution in [0.5, 0.6) is 5.75 Å². The number of halogens is 2. The monoisotopic (exact) mass is 373 g/mol. The molecule has 138 valence electrons. The molecule has 1 saturated carbocycles. The van der Waals surface area contributed by atoms with Gasteiger partial charge in [-0.15, -0.1) is 0 Å². The lowest BCUT2D eigenvalue weighted by atomic mass is 10.1. The first-order chi connectivity index (χ1) is 12.9. The molecule has 7 nitrogen and oxygen atoms in total. The Morgan fingerprint density at radius 1 is 1.41 bits per heavy atom. The molecule has 3 aromatic rings. The molecule has 9 heteroatoms. The summed E-state index contributed by atoms with van der Waals surface area (Å²) in [7, 11) is 0. The lowest BCUT2D eigenvalue weighted by Crippen LogP contribution is -2.22. The molecule has 2 aromatic heterocycles. The molecule has 2 heterocycles. The van der Waals surface area contributed by atoms with Gasteiger partial charge in [0.2, 0.25) is 5.43 Å². The molecule has 1 aromatic carbocycles. The summed E-state index contributed by atoms with van der Waals surface area (Å²) in [6, 6.07) is 1.44. The van der Waals surface area contributed by atoms with Gasteiger partial charge in [0.05, 0.1) is 28.4 Å². The SMILES string of the molecule is CCOC(=O)c1cn(C2CC2)c2c(F)c(F)c3c(O)c(C#N)[nH]c3c2c1=O. The number of H-pyrrole nitrogens is 1. The molecular weight excluding hydrogens is 360 g/mol. The van der Waals surface area contributed by atoms with E-state index >= 15 is 0 Å². The van der Waals surface area contributed by atoms with Crippen LogP contribution >= 0.6 is 0 Å². The lowest BCUT2D eigenvalue weighted by molar-refractivity contribution is 0.0524. The van der Waals surface area contributed by atoms with Crippen LogP contribution in [0.1, 0.15) is 41.9 Å². The van der Waals surface area contributed by atoms with Gasteiger partial charge in [0.25, 0.3) is 0 Å². The Balaban J connectivity index is 2.25. The summed E-state index contributed by atoms with van der Waals surface area (Å²) >= 11 is 0. The van der Waals surface area contributed by atoms with E-state index in [1.54, 1.807) is 13.0 Å². The van der Waals surface area contributed by atoms with Gasteiger partial charge >= 0.3 is 5.97 Å². The van der Waals surface area contributed by atoms with Crippen molar-refractivity contribution in [1.29, 1.82) is 5.26 Å². The minimum absolute atomic E-state index is 0.0365. The highest BCUT2D eigenvalue weighted by atomic mass is 19.2. The fraction of sp³-hybridized carbons (Fsp3) is 0.278. The lowest BCUT2D eigenvalue weighted by Gasteiger charge is -2.14. The van der Waals surface area contributed by atoms with E-state index in [-0.39, 0.29) is 34.6 Å². The van der Waals surface area contributed by atoms with Gasteiger partial charge in [-0.05, 0) is 19.8 Å². The zero-order chi connectivity index (χ0) is 19.5. The second kappa shape index (κ2) is 5.81. The predicted molar refractivity (Wildman–Crippen MR) is 90.6 cm³/mol. The Hall–Kier alpha value is -3.41. The van der Waals surface area contributed by atoms with Gasteiger partial charge in [0.15, 0.2) is 23.1 Å². The molecule has 1 fully saturated rings. The molecule has 4 rings (SSSR count).